The SMILES string of the molecule is F[C]C=C(F)F. The average Bonchev–Trinajstić information content (AvgIpc) is 1.35. The zero-order valence-corrected chi connectivity index (χ0v) is 2.71. The quantitative estimate of drug-likeness (QED) is 0.464. The summed E-state index contributed by atoms with van der Waals surface area (Å²) in [6, 6.07) is 0. The van der Waals surface area contributed by atoms with E-state index < -0.39 is 6.08 Å². The molecular weight excluding hydrogens is 93.0 g/mol. The van der Waals surface area contributed by atoms with Crippen molar-refractivity contribution >= 4 is 0 Å². The second kappa shape index (κ2) is 2.75. The molecule has 0 nitrogen and oxygen atoms in total. The van der Waals surface area contributed by atoms with Crippen molar-refractivity contribution in [3.05, 3.63) is 18.8 Å². The van der Waals surface area contributed by atoms with Crippen LogP contribution in [0.4, 0.5) is 13.2 Å². The van der Waals surface area contributed by atoms with E-state index in [4.69, 9.17) is 0 Å². The fourth-order valence-corrected chi connectivity index (χ4v) is 0.0412. The Hall–Kier alpha value is -0.470. The summed E-state index contributed by atoms with van der Waals surface area (Å²) >= 11 is 0. The highest BCUT2D eigenvalue weighted by Crippen LogP contribution is 1.96. The van der Waals surface area contributed by atoms with Crippen LogP contribution >= 0.6 is 0 Å². The van der Waals surface area contributed by atoms with E-state index in [-0.39, 0.29) is 6.08 Å². The van der Waals surface area contributed by atoms with E-state index in [1.165, 1.54) is 0 Å². The van der Waals surface area contributed by atoms with Gasteiger partial charge in [0.05, 0.1) is 0 Å². The summed E-state index contributed by atoms with van der Waals surface area (Å²) in [7, 11) is 0. The topological polar surface area (TPSA) is 0 Å². The monoisotopic (exact) mass is 94.0 g/mol. The largest absolute Gasteiger partial charge is 0.269 e. The minimum Gasteiger partial charge on any atom is -0.231 e. The van der Waals surface area contributed by atoms with Gasteiger partial charge in [0.2, 0.25) is 6.67 Å². The normalized spacial score (nSPS) is 7.83. The first-order chi connectivity index (χ1) is 2.77. The van der Waals surface area contributed by atoms with Gasteiger partial charge in [-0.05, 0) is 0 Å². The Balaban J connectivity index is 3.14. The lowest BCUT2D eigenvalue weighted by Gasteiger charge is -1.66. The predicted molar refractivity (Wildman–Crippen MR) is 14.7 cm³/mol. The van der Waals surface area contributed by atoms with Crippen molar-refractivity contribution in [2.24, 2.45) is 0 Å². The molecule has 0 aromatic heterocycles. The van der Waals surface area contributed by atoms with Crippen LogP contribution in [0, 0.1) is 6.67 Å². The maximum absolute atomic E-state index is 10.6. The Morgan fingerprint density at radius 2 is 2.00 bits per heavy atom. The number of hydrogen-bond acceptors (Lipinski definition) is 0. The first kappa shape index (κ1) is 5.53. The van der Waals surface area contributed by atoms with Gasteiger partial charge in [-0.2, -0.15) is 8.78 Å². The van der Waals surface area contributed by atoms with Gasteiger partial charge in [0, 0.05) is 6.08 Å². The molecule has 0 fully saturated rings. The van der Waals surface area contributed by atoms with Crippen molar-refractivity contribution in [3.8, 4) is 0 Å². The molecule has 0 saturated heterocycles. The molecule has 2 radical (unpaired) electrons. The Morgan fingerprint density at radius 1 is 1.50 bits per heavy atom. The molecule has 0 atom stereocenters. The molecule has 0 aliphatic heterocycles. The highest BCUT2D eigenvalue weighted by atomic mass is 19.3. The third-order valence-corrected chi connectivity index (χ3v) is 0.164. The maximum atomic E-state index is 10.6. The number of rotatable bonds is 1. The van der Waals surface area contributed by atoms with Crippen molar-refractivity contribution < 1.29 is 13.2 Å². The molecule has 3 heteroatoms. The van der Waals surface area contributed by atoms with Crippen LogP contribution in [0.15, 0.2) is 12.2 Å². The molecule has 0 unspecified atom stereocenters. The number of halogens is 3. The molecular formula is C3HF3. The van der Waals surface area contributed by atoms with Gasteiger partial charge in [0.25, 0.3) is 6.08 Å². The third kappa shape index (κ3) is 3.53. The first-order valence-electron chi connectivity index (χ1n) is 1.14. The van der Waals surface area contributed by atoms with E-state index in [1.54, 1.807) is 0 Å². The van der Waals surface area contributed by atoms with Gasteiger partial charge in [-0.3, -0.25) is 0 Å². The summed E-state index contributed by atoms with van der Waals surface area (Å²) in [5.41, 5.74) is 0. The van der Waals surface area contributed by atoms with Crippen molar-refractivity contribution in [3.63, 3.8) is 0 Å². The molecule has 0 rings (SSSR count). The molecule has 0 saturated carbocycles. The van der Waals surface area contributed by atoms with Crippen molar-refractivity contribution in [1.29, 1.82) is 0 Å². The summed E-state index contributed by atoms with van der Waals surface area (Å²) in [4.78, 5) is 0. The Bertz CT molecular complexity index is 53.1. The summed E-state index contributed by atoms with van der Waals surface area (Å²) in [6.45, 7) is 0.655. The second-order valence-corrected chi connectivity index (χ2v) is 0.543. The van der Waals surface area contributed by atoms with Crippen molar-refractivity contribution in [2.75, 3.05) is 0 Å². The Kier molecular flexibility index (Phi) is 2.54. The van der Waals surface area contributed by atoms with E-state index in [9.17, 15) is 13.2 Å². The lowest BCUT2D eigenvalue weighted by molar-refractivity contribution is 0.416. The molecule has 0 bridgehead atoms. The highest BCUT2D eigenvalue weighted by Gasteiger charge is 1.83. The average molecular weight is 94.0 g/mol. The van der Waals surface area contributed by atoms with Crippen LogP contribution < -0.4 is 0 Å². The standard InChI is InChI=1S/C3HF3/c4-2-1-3(5)6/h1H. The molecule has 0 heterocycles. The summed E-state index contributed by atoms with van der Waals surface area (Å²) in [5.74, 6) is 0. The molecule has 0 aromatic carbocycles. The van der Waals surface area contributed by atoms with Gasteiger partial charge in [0.1, 0.15) is 0 Å². The van der Waals surface area contributed by atoms with Crippen LogP contribution in [-0.4, -0.2) is 0 Å². The zero-order chi connectivity index (χ0) is 4.99. The molecule has 0 N–H and O–H groups in total. The number of allylic oxidation sites excluding steroid dienone is 1. The fourth-order valence-electron chi connectivity index (χ4n) is 0.0412. The minimum absolute atomic E-state index is 0.0417. The van der Waals surface area contributed by atoms with E-state index >= 15 is 0 Å². The van der Waals surface area contributed by atoms with Crippen LogP contribution in [0.2, 0.25) is 0 Å². The van der Waals surface area contributed by atoms with Gasteiger partial charge in [-0.25, -0.2) is 4.39 Å². The Morgan fingerprint density at radius 3 is 2.00 bits per heavy atom. The maximum Gasteiger partial charge on any atom is 0.269 e. The van der Waals surface area contributed by atoms with Gasteiger partial charge in [-0.1, -0.05) is 0 Å². The minimum atomic E-state index is -2.07. The summed E-state index contributed by atoms with van der Waals surface area (Å²) in [5, 5.41) is 0. The fraction of sp³-hybridized carbons (Fsp3) is 0. The molecule has 34 valence electrons. The van der Waals surface area contributed by atoms with Crippen LogP contribution in [0.1, 0.15) is 0 Å². The van der Waals surface area contributed by atoms with Gasteiger partial charge < -0.3 is 0 Å². The van der Waals surface area contributed by atoms with Crippen LogP contribution in [-0.2, 0) is 0 Å². The second-order valence-electron chi connectivity index (χ2n) is 0.543. The van der Waals surface area contributed by atoms with Crippen molar-refractivity contribution in [2.45, 2.75) is 0 Å². The van der Waals surface area contributed by atoms with Gasteiger partial charge in [0.15, 0.2) is 0 Å². The third-order valence-electron chi connectivity index (χ3n) is 0.164. The van der Waals surface area contributed by atoms with E-state index in [0.717, 1.165) is 0 Å². The van der Waals surface area contributed by atoms with E-state index in [0.29, 0.717) is 6.67 Å². The molecule has 0 aliphatic carbocycles. The van der Waals surface area contributed by atoms with E-state index in [1.807, 2.05) is 0 Å². The molecule has 0 aromatic rings. The van der Waals surface area contributed by atoms with Crippen LogP contribution in [0.3, 0.4) is 0 Å². The number of hydrogen-bond donors (Lipinski definition) is 0. The van der Waals surface area contributed by atoms with Crippen molar-refractivity contribution in [1.82, 2.24) is 0 Å². The van der Waals surface area contributed by atoms with Crippen LogP contribution in [0.25, 0.3) is 0 Å². The highest BCUT2D eigenvalue weighted by molar-refractivity contribution is 4.86. The molecule has 0 aliphatic rings. The van der Waals surface area contributed by atoms with Crippen LogP contribution in [0.5, 0.6) is 0 Å². The Labute approximate surface area is 33.3 Å². The summed E-state index contributed by atoms with van der Waals surface area (Å²) in [6.07, 6.45) is -2.11. The smallest absolute Gasteiger partial charge is 0.231 e. The molecule has 0 spiro atoms. The van der Waals surface area contributed by atoms with Gasteiger partial charge in [-0.15, -0.1) is 0 Å². The lowest BCUT2D eigenvalue weighted by atomic mass is 10.7. The summed E-state index contributed by atoms with van der Waals surface area (Å²) < 4.78 is 31.6. The first-order valence-corrected chi connectivity index (χ1v) is 1.14. The van der Waals surface area contributed by atoms with E-state index in [2.05, 4.69) is 0 Å². The lowest BCUT2D eigenvalue weighted by Crippen LogP contribution is -1.52. The molecule has 6 heavy (non-hydrogen) atoms. The van der Waals surface area contributed by atoms with Gasteiger partial charge >= 0.3 is 0 Å². The zero-order valence-electron chi connectivity index (χ0n) is 2.71. The molecule has 0 amide bonds. The predicted octanol–water partition coefficient (Wildman–Crippen LogP) is 1.78.